The summed E-state index contributed by atoms with van der Waals surface area (Å²) in [6, 6.07) is 7.44. The molecule has 1 amide bonds. The summed E-state index contributed by atoms with van der Waals surface area (Å²) in [5, 5.41) is 13.8. The van der Waals surface area contributed by atoms with Gasteiger partial charge in [0.15, 0.2) is 0 Å². The van der Waals surface area contributed by atoms with Gasteiger partial charge in [0, 0.05) is 31.6 Å². The number of nitrogens with one attached hydrogen (secondary N) is 2. The minimum absolute atomic E-state index is 0.143. The number of nitrogens with zero attached hydrogens (tertiary/aromatic N) is 3. The standard InChI is InChI=1S/C15H17N5O/c1-12-4-6-14(20-19-12)17-9-10-18-15(21)7-5-13-3-2-8-16-11-13/h2-8,11H,9-10H2,1H3,(H,17,20)(H,18,21). The van der Waals surface area contributed by atoms with Gasteiger partial charge in [-0.15, -0.1) is 5.10 Å². The van der Waals surface area contributed by atoms with Crippen molar-refractivity contribution in [3.63, 3.8) is 0 Å². The monoisotopic (exact) mass is 283 g/mol. The topological polar surface area (TPSA) is 79.8 Å². The van der Waals surface area contributed by atoms with Crippen molar-refractivity contribution in [2.24, 2.45) is 0 Å². The summed E-state index contributed by atoms with van der Waals surface area (Å²) < 4.78 is 0. The molecule has 0 aliphatic carbocycles. The van der Waals surface area contributed by atoms with Crippen molar-refractivity contribution in [3.05, 3.63) is 54.0 Å². The number of rotatable bonds is 6. The third kappa shape index (κ3) is 5.40. The lowest BCUT2D eigenvalue weighted by atomic mass is 10.2. The first-order valence-corrected chi connectivity index (χ1v) is 6.64. The molecule has 0 aliphatic rings. The summed E-state index contributed by atoms with van der Waals surface area (Å²) in [7, 11) is 0. The van der Waals surface area contributed by atoms with Crippen LogP contribution in [0.3, 0.4) is 0 Å². The number of amides is 1. The molecule has 2 heterocycles. The normalized spacial score (nSPS) is 10.5. The molecule has 2 rings (SSSR count). The molecule has 2 aromatic rings. The van der Waals surface area contributed by atoms with Crippen LogP contribution in [0.1, 0.15) is 11.3 Å². The van der Waals surface area contributed by atoms with Crippen molar-refractivity contribution in [1.29, 1.82) is 0 Å². The van der Waals surface area contributed by atoms with E-state index in [0.29, 0.717) is 18.9 Å². The Labute approximate surface area is 123 Å². The van der Waals surface area contributed by atoms with Crippen LogP contribution in [0.25, 0.3) is 6.08 Å². The van der Waals surface area contributed by atoms with E-state index in [2.05, 4.69) is 25.8 Å². The minimum Gasteiger partial charge on any atom is -0.367 e. The second kappa shape index (κ2) is 7.74. The largest absolute Gasteiger partial charge is 0.367 e. The Morgan fingerprint density at radius 1 is 1.24 bits per heavy atom. The van der Waals surface area contributed by atoms with Crippen LogP contribution in [0.15, 0.2) is 42.7 Å². The number of hydrogen-bond acceptors (Lipinski definition) is 5. The fourth-order valence-electron chi connectivity index (χ4n) is 1.57. The van der Waals surface area contributed by atoms with Gasteiger partial charge in [-0.1, -0.05) is 6.07 Å². The van der Waals surface area contributed by atoms with Crippen LogP contribution in [-0.4, -0.2) is 34.2 Å². The molecule has 0 fully saturated rings. The van der Waals surface area contributed by atoms with Crippen LogP contribution in [-0.2, 0) is 4.79 Å². The molecule has 0 saturated heterocycles. The highest BCUT2D eigenvalue weighted by atomic mass is 16.1. The molecule has 2 N–H and O–H groups in total. The van der Waals surface area contributed by atoms with Gasteiger partial charge in [-0.3, -0.25) is 9.78 Å². The van der Waals surface area contributed by atoms with E-state index in [0.717, 1.165) is 11.3 Å². The number of hydrogen-bond donors (Lipinski definition) is 2. The number of pyridine rings is 1. The van der Waals surface area contributed by atoms with Crippen molar-refractivity contribution >= 4 is 17.8 Å². The maximum Gasteiger partial charge on any atom is 0.244 e. The predicted octanol–water partition coefficient (Wildman–Crippen LogP) is 1.42. The SMILES string of the molecule is Cc1ccc(NCCNC(=O)C=Cc2cccnc2)nn1. The fraction of sp³-hybridized carbons (Fsp3) is 0.200. The number of aromatic nitrogens is 3. The lowest BCUT2D eigenvalue weighted by molar-refractivity contribution is -0.116. The molecule has 0 bridgehead atoms. The Bertz CT molecular complexity index is 595. The third-order valence-corrected chi connectivity index (χ3v) is 2.64. The summed E-state index contributed by atoms with van der Waals surface area (Å²) in [5.74, 6) is 0.552. The molecule has 0 atom stereocenters. The van der Waals surface area contributed by atoms with Gasteiger partial charge in [0.2, 0.25) is 5.91 Å². The maximum atomic E-state index is 11.6. The zero-order valence-electron chi connectivity index (χ0n) is 11.8. The van der Waals surface area contributed by atoms with E-state index in [1.165, 1.54) is 6.08 Å². The zero-order chi connectivity index (χ0) is 14.9. The first kappa shape index (κ1) is 14.6. The van der Waals surface area contributed by atoms with Crippen molar-refractivity contribution in [2.45, 2.75) is 6.92 Å². The van der Waals surface area contributed by atoms with Crippen LogP contribution in [0.2, 0.25) is 0 Å². The molecule has 2 aromatic heterocycles. The van der Waals surface area contributed by atoms with Crippen molar-refractivity contribution < 1.29 is 4.79 Å². The predicted molar refractivity (Wildman–Crippen MR) is 81.5 cm³/mol. The molecule has 6 heteroatoms. The molecule has 0 aromatic carbocycles. The number of aryl methyl sites for hydroxylation is 1. The van der Waals surface area contributed by atoms with E-state index in [1.807, 2.05) is 31.2 Å². The summed E-state index contributed by atoms with van der Waals surface area (Å²) in [6.07, 6.45) is 6.60. The lowest BCUT2D eigenvalue weighted by Gasteiger charge is -2.05. The summed E-state index contributed by atoms with van der Waals surface area (Å²) in [4.78, 5) is 15.6. The highest BCUT2D eigenvalue weighted by Gasteiger charge is 1.96. The molecule has 108 valence electrons. The van der Waals surface area contributed by atoms with E-state index in [-0.39, 0.29) is 5.91 Å². The van der Waals surface area contributed by atoms with Crippen molar-refractivity contribution in [1.82, 2.24) is 20.5 Å². The van der Waals surface area contributed by atoms with Crippen LogP contribution in [0, 0.1) is 6.92 Å². The van der Waals surface area contributed by atoms with Gasteiger partial charge >= 0.3 is 0 Å². The fourth-order valence-corrected chi connectivity index (χ4v) is 1.57. The first-order valence-electron chi connectivity index (χ1n) is 6.64. The van der Waals surface area contributed by atoms with Crippen LogP contribution in [0.4, 0.5) is 5.82 Å². The molecule has 0 radical (unpaired) electrons. The molecular formula is C15H17N5O. The molecule has 6 nitrogen and oxygen atoms in total. The van der Waals surface area contributed by atoms with E-state index in [4.69, 9.17) is 0 Å². The van der Waals surface area contributed by atoms with E-state index in [1.54, 1.807) is 18.5 Å². The Kier molecular flexibility index (Phi) is 5.40. The van der Waals surface area contributed by atoms with E-state index < -0.39 is 0 Å². The van der Waals surface area contributed by atoms with Gasteiger partial charge in [-0.2, -0.15) is 5.10 Å². The average Bonchev–Trinajstić information content (AvgIpc) is 2.52. The Morgan fingerprint density at radius 2 is 2.14 bits per heavy atom. The molecule has 21 heavy (non-hydrogen) atoms. The van der Waals surface area contributed by atoms with Crippen LogP contribution in [0.5, 0.6) is 0 Å². The molecule has 0 spiro atoms. The lowest BCUT2D eigenvalue weighted by Crippen LogP contribution is -2.27. The van der Waals surface area contributed by atoms with Gasteiger partial charge in [0.05, 0.1) is 5.69 Å². The summed E-state index contributed by atoms with van der Waals surface area (Å²) >= 11 is 0. The molecule has 0 aliphatic heterocycles. The average molecular weight is 283 g/mol. The minimum atomic E-state index is -0.143. The quantitative estimate of drug-likeness (QED) is 0.619. The van der Waals surface area contributed by atoms with Gasteiger partial charge in [-0.25, -0.2) is 0 Å². The van der Waals surface area contributed by atoms with Crippen molar-refractivity contribution in [2.75, 3.05) is 18.4 Å². The Morgan fingerprint density at radius 3 is 2.86 bits per heavy atom. The van der Waals surface area contributed by atoms with Gasteiger partial charge in [0.1, 0.15) is 5.82 Å². The molecular weight excluding hydrogens is 266 g/mol. The van der Waals surface area contributed by atoms with Gasteiger partial charge in [-0.05, 0) is 36.8 Å². The smallest absolute Gasteiger partial charge is 0.244 e. The first-order chi connectivity index (χ1) is 10.2. The van der Waals surface area contributed by atoms with E-state index in [9.17, 15) is 4.79 Å². The number of anilines is 1. The van der Waals surface area contributed by atoms with Crippen molar-refractivity contribution in [3.8, 4) is 0 Å². The molecule has 0 unspecified atom stereocenters. The summed E-state index contributed by atoms with van der Waals surface area (Å²) in [6.45, 7) is 2.97. The Balaban J connectivity index is 1.67. The number of carbonyl (C=O) groups is 1. The van der Waals surface area contributed by atoms with Gasteiger partial charge in [0.25, 0.3) is 0 Å². The molecule has 0 saturated carbocycles. The van der Waals surface area contributed by atoms with Crippen LogP contribution >= 0.6 is 0 Å². The number of carbonyl (C=O) groups excluding carboxylic acids is 1. The van der Waals surface area contributed by atoms with Crippen LogP contribution < -0.4 is 10.6 Å². The van der Waals surface area contributed by atoms with Gasteiger partial charge < -0.3 is 10.6 Å². The summed E-state index contributed by atoms with van der Waals surface area (Å²) in [5.41, 5.74) is 1.76. The second-order valence-corrected chi connectivity index (χ2v) is 4.40. The van der Waals surface area contributed by atoms with E-state index >= 15 is 0 Å². The zero-order valence-corrected chi connectivity index (χ0v) is 11.8. The Hall–Kier alpha value is -2.76. The third-order valence-electron chi connectivity index (χ3n) is 2.64. The maximum absolute atomic E-state index is 11.6. The second-order valence-electron chi connectivity index (χ2n) is 4.40. The highest BCUT2D eigenvalue weighted by Crippen LogP contribution is 2.00. The highest BCUT2D eigenvalue weighted by molar-refractivity contribution is 5.91.